The van der Waals surface area contributed by atoms with E-state index in [9.17, 15) is 0 Å². The Morgan fingerprint density at radius 3 is 0.840 bits per heavy atom. The molecule has 0 fully saturated rings. The summed E-state index contributed by atoms with van der Waals surface area (Å²) < 4.78 is 0. The highest BCUT2D eigenvalue weighted by Crippen LogP contribution is 2.12. The van der Waals surface area contributed by atoms with Crippen LogP contribution < -0.4 is 5.32 Å². The molecule has 0 bridgehead atoms. The van der Waals surface area contributed by atoms with Gasteiger partial charge in [-0.1, -0.05) is 129 Å². The maximum absolute atomic E-state index is 3.63. The van der Waals surface area contributed by atoms with Crippen LogP contribution in [0.25, 0.3) is 0 Å². The van der Waals surface area contributed by atoms with Crippen LogP contribution in [0.15, 0.2) is 0 Å². The minimum atomic E-state index is 1.24. The first-order valence-corrected chi connectivity index (χ1v) is 12.1. The Kier molecular flexibility index (Phi) is 23.9. The molecule has 0 spiro atoms. The van der Waals surface area contributed by atoms with Crippen LogP contribution in [0, 0.1) is 0 Å². The van der Waals surface area contributed by atoms with Gasteiger partial charge in [0.25, 0.3) is 0 Å². The molecular formula is C24H51N. The molecule has 0 aromatic carbocycles. The number of rotatable bonds is 22. The Morgan fingerprint density at radius 1 is 0.320 bits per heavy atom. The van der Waals surface area contributed by atoms with E-state index in [4.69, 9.17) is 0 Å². The Morgan fingerprint density at radius 2 is 0.560 bits per heavy atom. The van der Waals surface area contributed by atoms with E-state index in [1.54, 1.807) is 0 Å². The Hall–Kier alpha value is -0.0400. The molecule has 0 rings (SSSR count). The fourth-order valence-corrected chi connectivity index (χ4v) is 3.60. The minimum Gasteiger partial charge on any atom is -0.317 e. The maximum atomic E-state index is 3.63. The average Bonchev–Trinajstić information content (AvgIpc) is 2.63. The van der Waals surface area contributed by atoms with E-state index < -0.39 is 0 Å². The molecule has 152 valence electrons. The maximum Gasteiger partial charge on any atom is -0.00489 e. The van der Waals surface area contributed by atoms with Crippen molar-refractivity contribution >= 4 is 0 Å². The van der Waals surface area contributed by atoms with Gasteiger partial charge in [0, 0.05) is 0 Å². The zero-order chi connectivity index (χ0) is 18.3. The van der Waals surface area contributed by atoms with E-state index in [0.29, 0.717) is 0 Å². The summed E-state index contributed by atoms with van der Waals surface area (Å²) in [6.07, 6.45) is 28.8. The summed E-state index contributed by atoms with van der Waals surface area (Å²) in [5, 5.41) is 3.63. The van der Waals surface area contributed by atoms with Crippen LogP contribution in [0.2, 0.25) is 0 Å². The van der Waals surface area contributed by atoms with Crippen molar-refractivity contribution in [2.75, 3.05) is 13.1 Å². The molecule has 0 aliphatic carbocycles. The normalized spacial score (nSPS) is 11.3. The molecule has 0 unspecified atom stereocenters. The van der Waals surface area contributed by atoms with Gasteiger partial charge < -0.3 is 5.32 Å². The summed E-state index contributed by atoms with van der Waals surface area (Å²) in [5.74, 6) is 0. The van der Waals surface area contributed by atoms with Crippen molar-refractivity contribution in [2.24, 2.45) is 0 Å². The molecule has 1 N–H and O–H groups in total. The van der Waals surface area contributed by atoms with Crippen molar-refractivity contribution in [1.29, 1.82) is 0 Å². The van der Waals surface area contributed by atoms with E-state index in [-0.39, 0.29) is 0 Å². The predicted octanol–water partition coefficient (Wildman–Crippen LogP) is 8.42. The van der Waals surface area contributed by atoms with Crippen molar-refractivity contribution in [3.05, 3.63) is 0 Å². The van der Waals surface area contributed by atoms with Crippen LogP contribution in [0.4, 0.5) is 0 Å². The molecule has 0 atom stereocenters. The Labute approximate surface area is 161 Å². The summed E-state index contributed by atoms with van der Waals surface area (Å²) in [4.78, 5) is 0. The van der Waals surface area contributed by atoms with E-state index in [1.165, 1.54) is 142 Å². The first kappa shape index (κ1) is 25.0. The van der Waals surface area contributed by atoms with Crippen LogP contribution in [0.1, 0.15) is 142 Å². The van der Waals surface area contributed by atoms with Crippen LogP contribution in [0.5, 0.6) is 0 Å². The second kappa shape index (κ2) is 24.0. The minimum absolute atomic E-state index is 1.24. The summed E-state index contributed by atoms with van der Waals surface area (Å²) >= 11 is 0. The van der Waals surface area contributed by atoms with E-state index in [0.717, 1.165) is 0 Å². The molecule has 0 aliphatic rings. The number of unbranched alkanes of at least 4 members (excludes halogenated alkanes) is 18. The SMILES string of the molecule is CCCCCCCCCCCCCCNCCCCCCCCCC. The second-order valence-electron chi connectivity index (χ2n) is 8.11. The molecule has 0 heterocycles. The van der Waals surface area contributed by atoms with Crippen molar-refractivity contribution in [2.45, 2.75) is 142 Å². The van der Waals surface area contributed by atoms with Gasteiger partial charge in [0.05, 0.1) is 0 Å². The number of nitrogens with one attached hydrogen (secondary N) is 1. The van der Waals surface area contributed by atoms with Crippen molar-refractivity contribution in [1.82, 2.24) is 5.32 Å². The third-order valence-corrected chi connectivity index (χ3v) is 5.41. The highest BCUT2D eigenvalue weighted by atomic mass is 14.8. The van der Waals surface area contributed by atoms with Gasteiger partial charge in [-0.2, -0.15) is 0 Å². The lowest BCUT2D eigenvalue weighted by atomic mass is 10.1. The monoisotopic (exact) mass is 353 g/mol. The lowest BCUT2D eigenvalue weighted by Crippen LogP contribution is -2.16. The third kappa shape index (κ3) is 24.0. The van der Waals surface area contributed by atoms with Crippen LogP contribution >= 0.6 is 0 Å². The van der Waals surface area contributed by atoms with E-state index in [1.807, 2.05) is 0 Å². The molecule has 0 aromatic heterocycles. The molecule has 0 amide bonds. The summed E-state index contributed by atoms with van der Waals surface area (Å²) in [5.41, 5.74) is 0. The van der Waals surface area contributed by atoms with Gasteiger partial charge in [-0.15, -0.1) is 0 Å². The predicted molar refractivity (Wildman–Crippen MR) is 117 cm³/mol. The summed E-state index contributed by atoms with van der Waals surface area (Å²) in [7, 11) is 0. The van der Waals surface area contributed by atoms with Crippen molar-refractivity contribution in [3.8, 4) is 0 Å². The first-order chi connectivity index (χ1) is 12.4. The molecule has 1 nitrogen and oxygen atoms in total. The number of hydrogen-bond acceptors (Lipinski definition) is 1. The molecule has 0 saturated heterocycles. The fraction of sp³-hybridized carbons (Fsp3) is 1.00. The van der Waals surface area contributed by atoms with Gasteiger partial charge in [0.15, 0.2) is 0 Å². The van der Waals surface area contributed by atoms with Crippen LogP contribution in [-0.4, -0.2) is 13.1 Å². The van der Waals surface area contributed by atoms with Crippen molar-refractivity contribution < 1.29 is 0 Å². The Balaban J connectivity index is 2.94. The molecule has 25 heavy (non-hydrogen) atoms. The topological polar surface area (TPSA) is 12.0 Å². The van der Waals surface area contributed by atoms with E-state index in [2.05, 4.69) is 19.2 Å². The number of hydrogen-bond donors (Lipinski definition) is 1. The smallest absolute Gasteiger partial charge is 0.00489 e. The molecule has 0 aromatic rings. The fourth-order valence-electron chi connectivity index (χ4n) is 3.60. The van der Waals surface area contributed by atoms with Gasteiger partial charge in [-0.25, -0.2) is 0 Å². The summed E-state index contributed by atoms with van der Waals surface area (Å²) in [6, 6.07) is 0. The highest BCUT2D eigenvalue weighted by molar-refractivity contribution is 4.52. The standard InChI is InChI=1S/C24H51N/c1-3-5-7-9-11-13-14-15-16-18-20-22-24-25-23-21-19-17-12-10-8-6-4-2/h25H,3-24H2,1-2H3. The van der Waals surface area contributed by atoms with Crippen molar-refractivity contribution in [3.63, 3.8) is 0 Å². The van der Waals surface area contributed by atoms with Gasteiger partial charge in [-0.3, -0.25) is 0 Å². The van der Waals surface area contributed by atoms with E-state index >= 15 is 0 Å². The second-order valence-corrected chi connectivity index (χ2v) is 8.11. The zero-order valence-electron chi connectivity index (χ0n) is 18.1. The third-order valence-electron chi connectivity index (χ3n) is 5.41. The molecule has 0 radical (unpaired) electrons. The molecule has 1 heteroatoms. The average molecular weight is 354 g/mol. The largest absolute Gasteiger partial charge is 0.317 e. The van der Waals surface area contributed by atoms with Gasteiger partial charge >= 0.3 is 0 Å². The molecular weight excluding hydrogens is 302 g/mol. The first-order valence-electron chi connectivity index (χ1n) is 12.1. The molecule has 0 saturated carbocycles. The Bertz CT molecular complexity index is 192. The lowest BCUT2D eigenvalue weighted by Gasteiger charge is -2.05. The van der Waals surface area contributed by atoms with Crippen LogP contribution in [0.3, 0.4) is 0 Å². The molecule has 0 aliphatic heterocycles. The zero-order valence-corrected chi connectivity index (χ0v) is 18.1. The van der Waals surface area contributed by atoms with Crippen LogP contribution in [-0.2, 0) is 0 Å². The quantitative estimate of drug-likeness (QED) is 0.193. The van der Waals surface area contributed by atoms with Gasteiger partial charge in [0.1, 0.15) is 0 Å². The lowest BCUT2D eigenvalue weighted by molar-refractivity contribution is 0.525. The van der Waals surface area contributed by atoms with Gasteiger partial charge in [-0.05, 0) is 25.9 Å². The summed E-state index contributed by atoms with van der Waals surface area (Å²) in [6.45, 7) is 7.08. The highest BCUT2D eigenvalue weighted by Gasteiger charge is 1.94. The van der Waals surface area contributed by atoms with Gasteiger partial charge in [0.2, 0.25) is 0 Å².